The number of amides is 1. The van der Waals surface area contributed by atoms with Gasteiger partial charge in [-0.15, -0.1) is 0 Å². The summed E-state index contributed by atoms with van der Waals surface area (Å²) in [5, 5.41) is 17.4. The van der Waals surface area contributed by atoms with E-state index in [4.69, 9.17) is 4.74 Å². The summed E-state index contributed by atoms with van der Waals surface area (Å²) in [6.07, 6.45) is 2.05. The number of aromatic nitrogens is 2. The Morgan fingerprint density at radius 1 is 1.60 bits per heavy atom. The molecule has 0 aliphatic rings. The molecule has 0 spiro atoms. The van der Waals surface area contributed by atoms with E-state index in [2.05, 4.69) is 10.4 Å². The Morgan fingerprint density at radius 3 is 2.85 bits per heavy atom. The summed E-state index contributed by atoms with van der Waals surface area (Å²) in [6.45, 7) is 7.04. The summed E-state index contributed by atoms with van der Waals surface area (Å²) in [7, 11) is 0. The minimum atomic E-state index is -0.601. The fourth-order valence-corrected chi connectivity index (χ4v) is 1.55. The van der Waals surface area contributed by atoms with Gasteiger partial charge in [0.1, 0.15) is 6.20 Å². The zero-order valence-electron chi connectivity index (χ0n) is 12.0. The molecule has 0 aliphatic carbocycles. The molecule has 0 fully saturated rings. The lowest BCUT2D eigenvalue weighted by Gasteiger charge is -2.07. The van der Waals surface area contributed by atoms with Crippen LogP contribution in [-0.2, 0) is 11.3 Å². The molecule has 1 heterocycles. The van der Waals surface area contributed by atoms with Crippen molar-refractivity contribution in [3.63, 3.8) is 0 Å². The molecule has 8 nitrogen and oxygen atoms in total. The number of nitrogens with one attached hydrogen (secondary N) is 1. The molecule has 0 aromatic carbocycles. The van der Waals surface area contributed by atoms with E-state index in [9.17, 15) is 14.9 Å². The summed E-state index contributed by atoms with van der Waals surface area (Å²) < 4.78 is 6.70. The van der Waals surface area contributed by atoms with Gasteiger partial charge >= 0.3 is 5.69 Å². The molecular formula is C12H20N4O4. The molecule has 0 radical (unpaired) electrons. The summed E-state index contributed by atoms with van der Waals surface area (Å²) in [4.78, 5) is 22.1. The number of ether oxygens (including phenoxy) is 1. The van der Waals surface area contributed by atoms with Gasteiger partial charge in [0, 0.05) is 19.7 Å². The molecule has 0 unspecified atom stereocenters. The smallest absolute Gasteiger partial charge is 0.320 e. The van der Waals surface area contributed by atoms with E-state index in [1.54, 1.807) is 6.92 Å². The minimum Gasteiger partial charge on any atom is -0.379 e. The minimum absolute atomic E-state index is 0.145. The van der Waals surface area contributed by atoms with Gasteiger partial charge in [0.15, 0.2) is 0 Å². The van der Waals surface area contributed by atoms with Crippen molar-refractivity contribution in [2.24, 2.45) is 0 Å². The normalized spacial score (nSPS) is 10.8. The van der Waals surface area contributed by atoms with E-state index in [-0.39, 0.29) is 17.5 Å². The summed E-state index contributed by atoms with van der Waals surface area (Å²) in [5.41, 5.74) is -0.426. The maximum Gasteiger partial charge on any atom is 0.320 e. The van der Waals surface area contributed by atoms with E-state index in [1.165, 1.54) is 10.9 Å². The molecular weight excluding hydrogens is 264 g/mol. The van der Waals surface area contributed by atoms with Gasteiger partial charge < -0.3 is 10.1 Å². The van der Waals surface area contributed by atoms with Gasteiger partial charge in [-0.2, -0.15) is 5.10 Å². The zero-order chi connectivity index (χ0) is 15.1. The van der Waals surface area contributed by atoms with Crippen LogP contribution in [0.1, 0.15) is 37.7 Å². The fraction of sp³-hybridized carbons (Fsp3) is 0.667. The van der Waals surface area contributed by atoms with Gasteiger partial charge in [-0.3, -0.25) is 19.6 Å². The second kappa shape index (κ2) is 7.59. The van der Waals surface area contributed by atoms with Gasteiger partial charge in [0.05, 0.1) is 11.0 Å². The Kier molecular flexibility index (Phi) is 6.10. The first-order chi connectivity index (χ1) is 9.45. The van der Waals surface area contributed by atoms with Crippen molar-refractivity contribution >= 4 is 11.6 Å². The largest absolute Gasteiger partial charge is 0.379 e. The van der Waals surface area contributed by atoms with Crippen molar-refractivity contribution in [3.8, 4) is 0 Å². The lowest BCUT2D eigenvalue weighted by molar-refractivity contribution is -0.385. The third kappa shape index (κ3) is 4.61. The first-order valence-electron chi connectivity index (χ1n) is 6.57. The number of carbonyl (C=O) groups is 1. The zero-order valence-corrected chi connectivity index (χ0v) is 12.0. The van der Waals surface area contributed by atoms with E-state index < -0.39 is 10.8 Å². The topological polar surface area (TPSA) is 99.3 Å². The summed E-state index contributed by atoms with van der Waals surface area (Å²) in [6, 6.07) is 0. The fourth-order valence-electron chi connectivity index (χ4n) is 1.55. The van der Waals surface area contributed by atoms with Crippen LogP contribution in [0.2, 0.25) is 0 Å². The van der Waals surface area contributed by atoms with Crippen LogP contribution in [0.15, 0.2) is 6.20 Å². The lowest BCUT2D eigenvalue weighted by atomic mass is 10.3. The SMILES string of the molecule is CCn1cc([N+](=O)[O-])c(C(=O)NCCCOC(C)C)n1. The standard InChI is InChI=1S/C12H20N4O4/c1-4-15-8-10(16(18)19)11(14-15)12(17)13-6-5-7-20-9(2)3/h8-9H,4-7H2,1-3H3,(H,13,17). The van der Waals surface area contributed by atoms with Gasteiger partial charge in [0.2, 0.25) is 5.69 Å². The van der Waals surface area contributed by atoms with Gasteiger partial charge in [-0.1, -0.05) is 0 Å². The Bertz CT molecular complexity index is 470. The van der Waals surface area contributed by atoms with Crippen LogP contribution in [0, 0.1) is 10.1 Å². The Morgan fingerprint density at radius 2 is 2.30 bits per heavy atom. The number of nitrogens with zero attached hydrogens (tertiary/aromatic N) is 3. The maximum atomic E-state index is 11.9. The highest BCUT2D eigenvalue weighted by atomic mass is 16.6. The van der Waals surface area contributed by atoms with Crippen molar-refractivity contribution in [2.75, 3.05) is 13.2 Å². The Labute approximate surface area is 117 Å². The summed E-state index contributed by atoms with van der Waals surface area (Å²) in [5.74, 6) is -0.534. The van der Waals surface area contributed by atoms with Crippen molar-refractivity contribution in [1.29, 1.82) is 0 Å². The second-order valence-electron chi connectivity index (χ2n) is 4.50. The van der Waals surface area contributed by atoms with E-state index in [0.717, 1.165) is 0 Å². The van der Waals surface area contributed by atoms with E-state index >= 15 is 0 Å². The average Bonchev–Trinajstić information content (AvgIpc) is 2.82. The molecule has 1 rings (SSSR count). The molecule has 1 amide bonds. The predicted molar refractivity (Wildman–Crippen MR) is 72.6 cm³/mol. The molecule has 0 saturated heterocycles. The van der Waals surface area contributed by atoms with Crippen molar-refractivity contribution in [1.82, 2.24) is 15.1 Å². The number of nitro groups is 1. The first-order valence-corrected chi connectivity index (χ1v) is 6.57. The number of aryl methyl sites for hydroxylation is 1. The molecule has 0 saturated carbocycles. The van der Waals surface area contributed by atoms with E-state index in [0.29, 0.717) is 26.1 Å². The molecule has 8 heteroatoms. The molecule has 1 N–H and O–H groups in total. The van der Waals surface area contributed by atoms with Gasteiger partial charge in [0.25, 0.3) is 5.91 Å². The van der Waals surface area contributed by atoms with Crippen LogP contribution < -0.4 is 5.32 Å². The summed E-state index contributed by atoms with van der Waals surface area (Å²) >= 11 is 0. The number of rotatable bonds is 8. The molecule has 0 atom stereocenters. The molecule has 1 aromatic rings. The highest BCUT2D eigenvalue weighted by Gasteiger charge is 2.24. The van der Waals surface area contributed by atoms with Crippen LogP contribution in [-0.4, -0.2) is 39.9 Å². The monoisotopic (exact) mass is 284 g/mol. The lowest BCUT2D eigenvalue weighted by Crippen LogP contribution is -2.26. The number of hydrogen-bond donors (Lipinski definition) is 1. The second-order valence-corrected chi connectivity index (χ2v) is 4.50. The van der Waals surface area contributed by atoms with Crippen LogP contribution in [0.5, 0.6) is 0 Å². The number of hydrogen-bond acceptors (Lipinski definition) is 5. The predicted octanol–water partition coefficient (Wildman–Crippen LogP) is 1.36. The van der Waals surface area contributed by atoms with Gasteiger partial charge in [-0.05, 0) is 27.2 Å². The van der Waals surface area contributed by atoms with Crippen LogP contribution in [0.4, 0.5) is 5.69 Å². The van der Waals surface area contributed by atoms with E-state index in [1.807, 2.05) is 13.8 Å². The van der Waals surface area contributed by atoms with Crippen molar-refractivity contribution in [2.45, 2.75) is 39.8 Å². The molecule has 20 heavy (non-hydrogen) atoms. The van der Waals surface area contributed by atoms with Crippen molar-refractivity contribution < 1.29 is 14.5 Å². The molecule has 0 aliphatic heterocycles. The highest BCUT2D eigenvalue weighted by Crippen LogP contribution is 2.16. The third-order valence-corrected chi connectivity index (χ3v) is 2.54. The quantitative estimate of drug-likeness (QED) is 0.441. The average molecular weight is 284 g/mol. The van der Waals surface area contributed by atoms with Gasteiger partial charge in [-0.25, -0.2) is 0 Å². The Balaban J connectivity index is 2.54. The third-order valence-electron chi connectivity index (χ3n) is 2.54. The maximum absolute atomic E-state index is 11.9. The highest BCUT2D eigenvalue weighted by molar-refractivity contribution is 5.95. The molecule has 112 valence electrons. The van der Waals surface area contributed by atoms with Crippen LogP contribution in [0.3, 0.4) is 0 Å². The Hall–Kier alpha value is -1.96. The molecule has 1 aromatic heterocycles. The van der Waals surface area contributed by atoms with Crippen LogP contribution >= 0.6 is 0 Å². The van der Waals surface area contributed by atoms with Crippen LogP contribution in [0.25, 0.3) is 0 Å². The molecule has 0 bridgehead atoms. The number of carbonyl (C=O) groups excluding carboxylic acids is 1. The first kappa shape index (κ1) is 16.1. The van der Waals surface area contributed by atoms with Crippen molar-refractivity contribution in [3.05, 3.63) is 22.0 Å².